The van der Waals surface area contributed by atoms with Crippen molar-refractivity contribution < 1.29 is 14.6 Å². The SMILES string of the molecule is CCC(CC)Oc1c(C)cc(C=CC(=O)O)cc1C. The molecule has 3 heteroatoms. The van der Waals surface area contributed by atoms with E-state index in [-0.39, 0.29) is 6.10 Å². The van der Waals surface area contributed by atoms with Gasteiger partial charge < -0.3 is 9.84 Å². The molecule has 0 unspecified atom stereocenters. The number of hydrogen-bond acceptors (Lipinski definition) is 2. The Hall–Kier alpha value is -1.77. The minimum Gasteiger partial charge on any atom is -0.490 e. The van der Waals surface area contributed by atoms with E-state index in [2.05, 4.69) is 13.8 Å². The van der Waals surface area contributed by atoms with Gasteiger partial charge in [0.2, 0.25) is 0 Å². The maximum absolute atomic E-state index is 10.5. The van der Waals surface area contributed by atoms with Crippen LogP contribution in [0, 0.1) is 13.8 Å². The van der Waals surface area contributed by atoms with Crippen molar-refractivity contribution in [1.29, 1.82) is 0 Å². The van der Waals surface area contributed by atoms with Crippen LogP contribution in [-0.4, -0.2) is 17.2 Å². The Bertz CT molecular complexity index is 448. The van der Waals surface area contributed by atoms with Gasteiger partial charge in [-0.2, -0.15) is 0 Å². The minimum atomic E-state index is -0.937. The van der Waals surface area contributed by atoms with Crippen molar-refractivity contribution in [1.82, 2.24) is 0 Å². The third-order valence-corrected chi connectivity index (χ3v) is 3.10. The first-order valence-electron chi connectivity index (χ1n) is 6.66. The predicted octanol–water partition coefficient (Wildman–Crippen LogP) is 3.97. The van der Waals surface area contributed by atoms with Gasteiger partial charge in [0.15, 0.2) is 0 Å². The van der Waals surface area contributed by atoms with Gasteiger partial charge in [-0.05, 0) is 61.6 Å². The first kappa shape index (κ1) is 15.3. The molecule has 104 valence electrons. The molecular weight excluding hydrogens is 240 g/mol. The fourth-order valence-corrected chi connectivity index (χ4v) is 2.06. The molecule has 19 heavy (non-hydrogen) atoms. The Morgan fingerprint density at radius 3 is 2.21 bits per heavy atom. The molecule has 1 aromatic carbocycles. The molecule has 0 bridgehead atoms. The Labute approximate surface area is 114 Å². The summed E-state index contributed by atoms with van der Waals surface area (Å²) in [7, 11) is 0. The van der Waals surface area contributed by atoms with Gasteiger partial charge in [-0.1, -0.05) is 13.8 Å². The third-order valence-electron chi connectivity index (χ3n) is 3.10. The molecule has 0 fully saturated rings. The quantitative estimate of drug-likeness (QED) is 0.789. The Morgan fingerprint density at radius 1 is 1.26 bits per heavy atom. The first-order valence-corrected chi connectivity index (χ1v) is 6.66. The normalized spacial score (nSPS) is 11.2. The van der Waals surface area contributed by atoms with Gasteiger partial charge in [-0.15, -0.1) is 0 Å². The fraction of sp³-hybridized carbons (Fsp3) is 0.438. The molecule has 0 saturated heterocycles. The Kier molecular flexibility index (Phi) is 5.61. The summed E-state index contributed by atoms with van der Waals surface area (Å²) in [6, 6.07) is 3.90. The lowest BCUT2D eigenvalue weighted by Gasteiger charge is -2.19. The van der Waals surface area contributed by atoms with Crippen molar-refractivity contribution in [2.24, 2.45) is 0 Å². The van der Waals surface area contributed by atoms with E-state index in [1.165, 1.54) is 0 Å². The Balaban J connectivity index is 3.00. The van der Waals surface area contributed by atoms with Crippen LogP contribution < -0.4 is 4.74 Å². The third kappa shape index (κ3) is 4.43. The van der Waals surface area contributed by atoms with Gasteiger partial charge in [-0.25, -0.2) is 4.79 Å². The number of ether oxygens (including phenoxy) is 1. The van der Waals surface area contributed by atoms with E-state index in [4.69, 9.17) is 9.84 Å². The van der Waals surface area contributed by atoms with Gasteiger partial charge in [0, 0.05) is 6.08 Å². The number of rotatable bonds is 6. The van der Waals surface area contributed by atoms with Crippen LogP contribution in [0.25, 0.3) is 6.08 Å². The number of aryl methyl sites for hydroxylation is 2. The highest BCUT2D eigenvalue weighted by Gasteiger charge is 2.10. The second-order valence-corrected chi connectivity index (χ2v) is 4.71. The minimum absolute atomic E-state index is 0.234. The maximum atomic E-state index is 10.5. The van der Waals surface area contributed by atoms with Crippen molar-refractivity contribution >= 4 is 12.0 Å². The zero-order chi connectivity index (χ0) is 14.4. The zero-order valence-electron chi connectivity index (χ0n) is 12.1. The number of hydrogen-bond donors (Lipinski definition) is 1. The highest BCUT2D eigenvalue weighted by atomic mass is 16.5. The van der Waals surface area contributed by atoms with Crippen LogP contribution in [0.4, 0.5) is 0 Å². The second-order valence-electron chi connectivity index (χ2n) is 4.71. The molecule has 0 aliphatic rings. The van der Waals surface area contributed by atoms with Crippen molar-refractivity contribution in [3.05, 3.63) is 34.9 Å². The van der Waals surface area contributed by atoms with Crippen LogP contribution in [0.15, 0.2) is 18.2 Å². The first-order chi connectivity index (χ1) is 8.97. The van der Waals surface area contributed by atoms with Gasteiger partial charge >= 0.3 is 5.97 Å². The lowest BCUT2D eigenvalue weighted by Crippen LogP contribution is -2.15. The van der Waals surface area contributed by atoms with Crippen LogP contribution in [0.5, 0.6) is 5.75 Å². The molecule has 0 saturated carbocycles. The van der Waals surface area contributed by atoms with Crippen molar-refractivity contribution in [3.8, 4) is 5.75 Å². The van der Waals surface area contributed by atoms with Crippen LogP contribution in [0.3, 0.4) is 0 Å². The fourth-order valence-electron chi connectivity index (χ4n) is 2.06. The summed E-state index contributed by atoms with van der Waals surface area (Å²) in [6.07, 6.45) is 4.95. The van der Waals surface area contributed by atoms with Gasteiger partial charge in [0.1, 0.15) is 5.75 Å². The molecule has 0 amide bonds. The van der Waals surface area contributed by atoms with Gasteiger partial charge in [0.25, 0.3) is 0 Å². The molecule has 0 aliphatic carbocycles. The van der Waals surface area contributed by atoms with E-state index in [0.717, 1.165) is 41.4 Å². The van der Waals surface area contributed by atoms with Crippen LogP contribution >= 0.6 is 0 Å². The molecule has 3 nitrogen and oxygen atoms in total. The molecule has 0 heterocycles. The van der Waals surface area contributed by atoms with Crippen molar-refractivity contribution in [3.63, 3.8) is 0 Å². The van der Waals surface area contributed by atoms with Crippen LogP contribution in [0.2, 0.25) is 0 Å². The number of aliphatic carboxylic acids is 1. The molecule has 0 aliphatic heterocycles. The van der Waals surface area contributed by atoms with E-state index in [9.17, 15) is 4.79 Å². The van der Waals surface area contributed by atoms with Gasteiger partial charge in [-0.3, -0.25) is 0 Å². The van der Waals surface area contributed by atoms with Crippen LogP contribution in [-0.2, 0) is 4.79 Å². The van der Waals surface area contributed by atoms with E-state index in [0.29, 0.717) is 0 Å². The monoisotopic (exact) mass is 262 g/mol. The summed E-state index contributed by atoms with van der Waals surface area (Å²) < 4.78 is 6.01. The molecular formula is C16H22O3. The number of carboxylic acid groups (broad SMARTS) is 1. The molecule has 0 radical (unpaired) electrons. The van der Waals surface area contributed by atoms with Gasteiger partial charge in [0.05, 0.1) is 6.10 Å². The average molecular weight is 262 g/mol. The van der Waals surface area contributed by atoms with E-state index >= 15 is 0 Å². The standard InChI is InChI=1S/C16H22O3/c1-5-14(6-2)19-16-11(3)9-13(10-12(16)4)7-8-15(17)18/h7-10,14H,5-6H2,1-4H3,(H,17,18). The number of benzene rings is 1. The summed E-state index contributed by atoms with van der Waals surface area (Å²) in [5.41, 5.74) is 2.96. The smallest absolute Gasteiger partial charge is 0.328 e. The molecule has 0 spiro atoms. The molecule has 1 rings (SSSR count). The maximum Gasteiger partial charge on any atom is 0.328 e. The highest BCUT2D eigenvalue weighted by Crippen LogP contribution is 2.27. The largest absolute Gasteiger partial charge is 0.490 e. The average Bonchev–Trinajstić information content (AvgIpc) is 2.36. The lowest BCUT2D eigenvalue weighted by molar-refractivity contribution is -0.131. The van der Waals surface area contributed by atoms with Crippen molar-refractivity contribution in [2.45, 2.75) is 46.6 Å². The number of carboxylic acids is 1. The molecule has 1 aromatic rings. The summed E-state index contributed by atoms with van der Waals surface area (Å²) in [6.45, 7) is 8.21. The summed E-state index contributed by atoms with van der Waals surface area (Å²) in [4.78, 5) is 10.5. The summed E-state index contributed by atoms with van der Waals surface area (Å²) >= 11 is 0. The van der Waals surface area contributed by atoms with E-state index in [1.807, 2.05) is 26.0 Å². The van der Waals surface area contributed by atoms with Crippen LogP contribution in [0.1, 0.15) is 43.4 Å². The van der Waals surface area contributed by atoms with E-state index < -0.39 is 5.97 Å². The molecule has 1 N–H and O–H groups in total. The topological polar surface area (TPSA) is 46.5 Å². The predicted molar refractivity (Wildman–Crippen MR) is 77.6 cm³/mol. The van der Waals surface area contributed by atoms with E-state index in [1.54, 1.807) is 6.08 Å². The second kappa shape index (κ2) is 6.98. The molecule has 0 atom stereocenters. The number of carbonyl (C=O) groups is 1. The van der Waals surface area contributed by atoms with Crippen molar-refractivity contribution in [2.75, 3.05) is 0 Å². The zero-order valence-corrected chi connectivity index (χ0v) is 12.1. The highest BCUT2D eigenvalue weighted by molar-refractivity contribution is 5.85. The lowest BCUT2D eigenvalue weighted by atomic mass is 10.0. The summed E-state index contributed by atoms with van der Waals surface area (Å²) in [5, 5.41) is 8.64. The molecule has 0 aromatic heterocycles. The summed E-state index contributed by atoms with van der Waals surface area (Å²) in [5.74, 6) is -0.0196. The Morgan fingerprint density at radius 2 is 1.79 bits per heavy atom.